The second-order valence-corrected chi connectivity index (χ2v) is 8.34. The standard InChI is InChI=1S/C16H19N3O2S/c20-22(21,18-10-4-7-16(13-18)8-9-16)15-11-17-19(12-15)14-5-2-1-3-6-14/h1-3,5-6,11-12H,4,7-10,13H2. The van der Waals surface area contributed by atoms with E-state index in [4.69, 9.17) is 0 Å². The highest BCUT2D eigenvalue weighted by Crippen LogP contribution is 2.52. The maximum Gasteiger partial charge on any atom is 0.246 e. The van der Waals surface area contributed by atoms with Crippen molar-refractivity contribution in [3.63, 3.8) is 0 Å². The molecule has 0 atom stereocenters. The molecule has 1 aromatic heterocycles. The van der Waals surface area contributed by atoms with Gasteiger partial charge in [0.2, 0.25) is 10.0 Å². The first-order chi connectivity index (χ1) is 10.6. The first-order valence-corrected chi connectivity index (χ1v) is 9.13. The molecule has 6 heteroatoms. The van der Waals surface area contributed by atoms with Gasteiger partial charge in [0.05, 0.1) is 18.1 Å². The van der Waals surface area contributed by atoms with E-state index in [0.29, 0.717) is 13.1 Å². The Bertz CT molecular complexity index is 779. The van der Waals surface area contributed by atoms with Crippen molar-refractivity contribution >= 4 is 10.0 Å². The number of nitrogens with zero attached hydrogens (tertiary/aromatic N) is 3. The lowest BCUT2D eigenvalue weighted by atomic mass is 9.97. The van der Waals surface area contributed by atoms with Gasteiger partial charge in [-0.25, -0.2) is 13.1 Å². The number of benzene rings is 1. The van der Waals surface area contributed by atoms with E-state index in [-0.39, 0.29) is 10.3 Å². The molecule has 1 saturated carbocycles. The minimum atomic E-state index is -3.43. The quantitative estimate of drug-likeness (QED) is 0.873. The Labute approximate surface area is 130 Å². The maximum absolute atomic E-state index is 12.8. The molecule has 2 aliphatic rings. The van der Waals surface area contributed by atoms with Crippen LogP contribution in [0.4, 0.5) is 0 Å². The lowest BCUT2D eigenvalue weighted by molar-refractivity contribution is 0.249. The second kappa shape index (κ2) is 4.93. The molecule has 1 spiro atoms. The Kier molecular flexibility index (Phi) is 3.13. The zero-order valence-electron chi connectivity index (χ0n) is 12.4. The lowest BCUT2D eigenvalue weighted by Gasteiger charge is -2.31. The van der Waals surface area contributed by atoms with Crippen LogP contribution in [-0.4, -0.2) is 35.6 Å². The Balaban J connectivity index is 1.62. The SMILES string of the molecule is O=S(=O)(c1cnn(-c2ccccc2)c1)N1CCCC2(CC2)C1. The molecule has 2 aromatic rings. The van der Waals surface area contributed by atoms with Gasteiger partial charge in [-0.3, -0.25) is 0 Å². The number of piperidine rings is 1. The molecule has 116 valence electrons. The average molecular weight is 317 g/mol. The van der Waals surface area contributed by atoms with Gasteiger partial charge in [0.1, 0.15) is 4.90 Å². The molecule has 0 unspecified atom stereocenters. The van der Waals surface area contributed by atoms with E-state index in [9.17, 15) is 8.42 Å². The van der Waals surface area contributed by atoms with Gasteiger partial charge in [0.25, 0.3) is 0 Å². The molecule has 0 radical (unpaired) electrons. The van der Waals surface area contributed by atoms with Gasteiger partial charge in [-0.05, 0) is 43.2 Å². The van der Waals surface area contributed by atoms with Crippen molar-refractivity contribution in [1.82, 2.24) is 14.1 Å². The molecule has 5 nitrogen and oxygen atoms in total. The average Bonchev–Trinajstić information content (AvgIpc) is 3.09. The Morgan fingerprint density at radius 2 is 1.86 bits per heavy atom. The first kappa shape index (κ1) is 14.0. The summed E-state index contributed by atoms with van der Waals surface area (Å²) in [6.07, 6.45) is 7.54. The normalized spacial score (nSPS) is 21.1. The van der Waals surface area contributed by atoms with Crippen LogP contribution in [-0.2, 0) is 10.0 Å². The zero-order valence-corrected chi connectivity index (χ0v) is 13.2. The van der Waals surface area contributed by atoms with Gasteiger partial charge in [-0.1, -0.05) is 18.2 Å². The summed E-state index contributed by atoms with van der Waals surface area (Å²) in [4.78, 5) is 0.286. The van der Waals surface area contributed by atoms with Gasteiger partial charge < -0.3 is 0 Å². The highest BCUT2D eigenvalue weighted by molar-refractivity contribution is 7.89. The van der Waals surface area contributed by atoms with E-state index in [0.717, 1.165) is 12.1 Å². The van der Waals surface area contributed by atoms with Crippen molar-refractivity contribution in [3.05, 3.63) is 42.7 Å². The number of para-hydroxylation sites is 1. The van der Waals surface area contributed by atoms with Crippen LogP contribution in [0.15, 0.2) is 47.6 Å². The van der Waals surface area contributed by atoms with Crippen LogP contribution >= 0.6 is 0 Å². The predicted molar refractivity (Wildman–Crippen MR) is 83.2 cm³/mol. The molecule has 0 N–H and O–H groups in total. The molecule has 2 heterocycles. The highest BCUT2D eigenvalue weighted by Gasteiger charge is 2.48. The minimum absolute atomic E-state index is 0.279. The third-order valence-electron chi connectivity index (χ3n) is 4.80. The van der Waals surface area contributed by atoms with Gasteiger partial charge in [0, 0.05) is 13.1 Å². The Morgan fingerprint density at radius 1 is 1.09 bits per heavy atom. The first-order valence-electron chi connectivity index (χ1n) is 7.69. The van der Waals surface area contributed by atoms with Gasteiger partial charge in [-0.2, -0.15) is 9.40 Å². The zero-order chi connectivity index (χ0) is 15.2. The molecule has 1 aromatic carbocycles. The Hall–Kier alpha value is -1.66. The fourth-order valence-corrected chi connectivity index (χ4v) is 4.79. The van der Waals surface area contributed by atoms with Crippen LogP contribution in [0, 0.1) is 5.41 Å². The van der Waals surface area contributed by atoms with Crippen LogP contribution in [0.25, 0.3) is 5.69 Å². The van der Waals surface area contributed by atoms with Crippen molar-refractivity contribution in [2.45, 2.75) is 30.6 Å². The van der Waals surface area contributed by atoms with Gasteiger partial charge in [-0.15, -0.1) is 0 Å². The molecular formula is C16H19N3O2S. The van der Waals surface area contributed by atoms with Gasteiger partial charge in [0.15, 0.2) is 0 Å². The molecule has 0 amide bonds. The van der Waals surface area contributed by atoms with E-state index in [1.165, 1.54) is 25.5 Å². The third-order valence-corrected chi connectivity index (χ3v) is 6.60. The van der Waals surface area contributed by atoms with Gasteiger partial charge >= 0.3 is 0 Å². The maximum atomic E-state index is 12.8. The van der Waals surface area contributed by atoms with E-state index >= 15 is 0 Å². The van der Waals surface area contributed by atoms with Crippen molar-refractivity contribution in [2.75, 3.05) is 13.1 Å². The topological polar surface area (TPSA) is 55.2 Å². The van der Waals surface area contributed by atoms with E-state index in [2.05, 4.69) is 5.10 Å². The third kappa shape index (κ3) is 2.36. The largest absolute Gasteiger partial charge is 0.246 e. The van der Waals surface area contributed by atoms with E-state index < -0.39 is 10.0 Å². The number of sulfonamides is 1. The van der Waals surface area contributed by atoms with Crippen LogP contribution in [0.1, 0.15) is 25.7 Å². The number of hydrogen-bond donors (Lipinski definition) is 0. The van der Waals surface area contributed by atoms with Crippen molar-refractivity contribution in [1.29, 1.82) is 0 Å². The molecule has 2 fully saturated rings. The van der Waals surface area contributed by atoms with Crippen molar-refractivity contribution in [3.8, 4) is 5.69 Å². The number of hydrogen-bond acceptors (Lipinski definition) is 3. The van der Waals surface area contributed by atoms with E-state index in [1.807, 2.05) is 30.3 Å². The molecule has 4 rings (SSSR count). The molecule has 1 aliphatic heterocycles. The smallest absolute Gasteiger partial charge is 0.240 e. The van der Waals surface area contributed by atoms with Crippen LogP contribution in [0.3, 0.4) is 0 Å². The summed E-state index contributed by atoms with van der Waals surface area (Å²) in [7, 11) is -3.43. The van der Waals surface area contributed by atoms with E-state index in [1.54, 1.807) is 15.2 Å². The summed E-state index contributed by atoms with van der Waals surface area (Å²) in [5.74, 6) is 0. The summed E-state index contributed by atoms with van der Waals surface area (Å²) < 4.78 is 28.9. The summed E-state index contributed by atoms with van der Waals surface area (Å²) in [6, 6.07) is 9.56. The summed E-state index contributed by atoms with van der Waals surface area (Å²) >= 11 is 0. The lowest BCUT2D eigenvalue weighted by Crippen LogP contribution is -2.40. The van der Waals surface area contributed by atoms with Crippen LogP contribution in [0.2, 0.25) is 0 Å². The van der Waals surface area contributed by atoms with Crippen LogP contribution < -0.4 is 0 Å². The fourth-order valence-electron chi connectivity index (χ4n) is 3.26. The summed E-state index contributed by atoms with van der Waals surface area (Å²) in [5.41, 5.74) is 1.14. The Morgan fingerprint density at radius 3 is 2.59 bits per heavy atom. The van der Waals surface area contributed by atoms with Crippen LogP contribution in [0.5, 0.6) is 0 Å². The molecular weight excluding hydrogens is 298 g/mol. The second-order valence-electron chi connectivity index (χ2n) is 6.40. The number of aromatic nitrogens is 2. The molecule has 22 heavy (non-hydrogen) atoms. The summed E-state index contributed by atoms with van der Waals surface area (Å²) in [5, 5.41) is 4.21. The minimum Gasteiger partial charge on any atom is -0.240 e. The predicted octanol–water partition coefficient (Wildman–Crippen LogP) is 2.44. The fraction of sp³-hybridized carbons (Fsp3) is 0.438. The molecule has 1 saturated heterocycles. The number of rotatable bonds is 3. The van der Waals surface area contributed by atoms with Crippen molar-refractivity contribution in [2.24, 2.45) is 5.41 Å². The monoisotopic (exact) mass is 317 g/mol. The molecule has 0 bridgehead atoms. The summed E-state index contributed by atoms with van der Waals surface area (Å²) in [6.45, 7) is 1.30. The van der Waals surface area contributed by atoms with Crippen molar-refractivity contribution < 1.29 is 8.42 Å². The molecule has 1 aliphatic carbocycles. The highest BCUT2D eigenvalue weighted by atomic mass is 32.2.